The highest BCUT2D eigenvalue weighted by molar-refractivity contribution is 5.90. The van der Waals surface area contributed by atoms with E-state index in [-0.39, 0.29) is 17.3 Å². The molecule has 1 aliphatic heterocycles. The number of rotatable bonds is 3. The van der Waals surface area contributed by atoms with E-state index < -0.39 is 0 Å². The number of carbonyl (C=O) groups is 1. The van der Waals surface area contributed by atoms with Gasteiger partial charge in [0, 0.05) is 11.1 Å². The topological polar surface area (TPSA) is 26.3 Å². The maximum Gasteiger partial charge on any atom is 0.323 e. The molecule has 2 nitrogen and oxygen atoms in total. The summed E-state index contributed by atoms with van der Waals surface area (Å²) in [6.45, 7) is 13.0. The Hall–Kier alpha value is -2.09. The minimum absolute atomic E-state index is 0.0636. The van der Waals surface area contributed by atoms with Crippen LogP contribution in [0.5, 0.6) is 5.75 Å². The molecule has 0 amide bonds. The summed E-state index contributed by atoms with van der Waals surface area (Å²) in [6.07, 6.45) is 0.948. The van der Waals surface area contributed by atoms with Crippen molar-refractivity contribution in [3.8, 4) is 5.75 Å². The van der Waals surface area contributed by atoms with E-state index in [2.05, 4.69) is 77.9 Å². The number of benzene rings is 2. The van der Waals surface area contributed by atoms with Gasteiger partial charge in [-0.15, -0.1) is 0 Å². The highest BCUT2D eigenvalue weighted by Crippen LogP contribution is 2.45. The fourth-order valence-corrected chi connectivity index (χ4v) is 3.48. The van der Waals surface area contributed by atoms with Crippen LogP contribution in [-0.4, -0.2) is 5.97 Å². The molecule has 0 aliphatic carbocycles. The van der Waals surface area contributed by atoms with E-state index in [1.165, 1.54) is 11.1 Å². The summed E-state index contributed by atoms with van der Waals surface area (Å²) in [6, 6.07) is 12.7. The molecular formula is C23H28O2. The largest absolute Gasteiger partial charge is 0.425 e. The highest BCUT2D eigenvalue weighted by Gasteiger charge is 2.38. The molecular weight excluding hydrogens is 308 g/mol. The van der Waals surface area contributed by atoms with Gasteiger partial charge in [0.25, 0.3) is 0 Å². The van der Waals surface area contributed by atoms with Gasteiger partial charge < -0.3 is 4.74 Å². The molecule has 2 aromatic rings. The summed E-state index contributed by atoms with van der Waals surface area (Å²) < 4.78 is 5.77. The second kappa shape index (κ2) is 6.33. The van der Waals surface area contributed by atoms with Crippen molar-refractivity contribution in [1.82, 2.24) is 0 Å². The average molecular weight is 336 g/mol. The lowest BCUT2D eigenvalue weighted by Crippen LogP contribution is -2.14. The van der Waals surface area contributed by atoms with E-state index in [0.717, 1.165) is 28.9 Å². The molecule has 0 aromatic heterocycles. The van der Waals surface area contributed by atoms with Crippen molar-refractivity contribution in [1.29, 1.82) is 0 Å². The van der Waals surface area contributed by atoms with Crippen LogP contribution in [0.1, 0.15) is 81.2 Å². The third-order valence-electron chi connectivity index (χ3n) is 5.08. The first-order valence-corrected chi connectivity index (χ1v) is 9.21. The summed E-state index contributed by atoms with van der Waals surface area (Å²) in [7, 11) is 0. The molecule has 1 unspecified atom stereocenters. The number of hydrogen-bond donors (Lipinski definition) is 0. The van der Waals surface area contributed by atoms with Gasteiger partial charge in [-0.1, -0.05) is 77.9 Å². The quantitative estimate of drug-likeness (QED) is 0.529. The Morgan fingerprint density at radius 3 is 2.24 bits per heavy atom. The molecule has 3 rings (SSSR count). The van der Waals surface area contributed by atoms with E-state index in [1.54, 1.807) is 0 Å². The molecule has 25 heavy (non-hydrogen) atoms. The average Bonchev–Trinajstić information content (AvgIpc) is 2.88. The molecule has 0 saturated heterocycles. The second-order valence-electron chi connectivity index (χ2n) is 8.34. The van der Waals surface area contributed by atoms with Gasteiger partial charge in [0.2, 0.25) is 0 Å². The summed E-state index contributed by atoms with van der Waals surface area (Å²) in [5.41, 5.74) is 5.63. The van der Waals surface area contributed by atoms with E-state index in [9.17, 15) is 4.79 Å². The van der Waals surface area contributed by atoms with Gasteiger partial charge in [-0.2, -0.15) is 0 Å². The Labute approximate surface area is 151 Å². The summed E-state index contributed by atoms with van der Waals surface area (Å²) in [4.78, 5) is 12.7. The molecule has 0 fully saturated rings. The van der Waals surface area contributed by atoms with E-state index in [4.69, 9.17) is 4.74 Å². The molecule has 0 bridgehead atoms. The molecule has 0 N–H and O–H groups in total. The Kier molecular flexibility index (Phi) is 4.49. The van der Waals surface area contributed by atoms with Gasteiger partial charge in [0.15, 0.2) is 0 Å². The number of fused-ring (bicyclic) bond motifs is 1. The number of carbonyl (C=O) groups excluding carboxylic acids is 1. The zero-order valence-corrected chi connectivity index (χ0v) is 16.1. The van der Waals surface area contributed by atoms with Crippen LogP contribution in [0, 0.1) is 0 Å². The Morgan fingerprint density at radius 1 is 1.08 bits per heavy atom. The van der Waals surface area contributed by atoms with Gasteiger partial charge in [-0.25, -0.2) is 0 Å². The van der Waals surface area contributed by atoms with Gasteiger partial charge >= 0.3 is 5.97 Å². The number of aryl methyl sites for hydroxylation is 1. The van der Waals surface area contributed by atoms with E-state index >= 15 is 0 Å². The van der Waals surface area contributed by atoms with Gasteiger partial charge in [0.1, 0.15) is 11.7 Å². The summed E-state index contributed by atoms with van der Waals surface area (Å²) in [5, 5.41) is 0. The lowest BCUT2D eigenvalue weighted by molar-refractivity contribution is -0.133. The van der Waals surface area contributed by atoms with Crippen LogP contribution in [-0.2, 0) is 16.6 Å². The highest BCUT2D eigenvalue weighted by atomic mass is 16.5. The Morgan fingerprint density at radius 2 is 1.72 bits per heavy atom. The van der Waals surface area contributed by atoms with Crippen LogP contribution >= 0.6 is 0 Å². The maximum absolute atomic E-state index is 12.7. The standard InChI is InChI=1S/C23H28O2/c1-7-15-12-18-20(17-10-8-16(9-11-17)14(2)3)22(24)25-21(18)19(13-15)23(4,5)6/h8-14,20H,7H2,1-6H3. The zero-order valence-electron chi connectivity index (χ0n) is 16.1. The molecule has 2 aromatic carbocycles. The third kappa shape index (κ3) is 3.22. The number of ether oxygens (including phenoxy) is 1. The predicted molar refractivity (Wildman–Crippen MR) is 103 cm³/mol. The minimum atomic E-state index is -0.316. The van der Waals surface area contributed by atoms with Crippen molar-refractivity contribution < 1.29 is 9.53 Å². The molecule has 2 heteroatoms. The normalized spacial score (nSPS) is 16.9. The van der Waals surface area contributed by atoms with Crippen LogP contribution in [0.2, 0.25) is 0 Å². The van der Waals surface area contributed by atoms with Crippen molar-refractivity contribution in [2.24, 2.45) is 0 Å². The molecule has 1 heterocycles. The summed E-state index contributed by atoms with van der Waals surface area (Å²) in [5.74, 6) is 0.776. The predicted octanol–water partition coefficient (Wildman–Crippen LogP) is 5.72. The Bertz CT molecular complexity index is 792. The van der Waals surface area contributed by atoms with Crippen LogP contribution in [0.25, 0.3) is 0 Å². The molecule has 1 atom stereocenters. The Balaban J connectivity index is 2.13. The van der Waals surface area contributed by atoms with Crippen LogP contribution < -0.4 is 4.74 Å². The molecule has 0 radical (unpaired) electrons. The zero-order chi connectivity index (χ0) is 18.4. The van der Waals surface area contributed by atoms with Crippen LogP contribution in [0.3, 0.4) is 0 Å². The molecule has 0 spiro atoms. The first-order chi connectivity index (χ1) is 11.7. The second-order valence-corrected chi connectivity index (χ2v) is 8.34. The third-order valence-corrected chi connectivity index (χ3v) is 5.08. The fraction of sp³-hybridized carbons (Fsp3) is 0.435. The van der Waals surface area contributed by atoms with Crippen molar-refractivity contribution >= 4 is 5.97 Å². The van der Waals surface area contributed by atoms with Crippen LogP contribution in [0.4, 0.5) is 0 Å². The van der Waals surface area contributed by atoms with Gasteiger partial charge in [-0.3, -0.25) is 4.79 Å². The monoisotopic (exact) mass is 336 g/mol. The van der Waals surface area contributed by atoms with E-state index in [0.29, 0.717) is 5.92 Å². The van der Waals surface area contributed by atoms with Crippen molar-refractivity contribution in [3.63, 3.8) is 0 Å². The number of esters is 1. The first-order valence-electron chi connectivity index (χ1n) is 9.21. The minimum Gasteiger partial charge on any atom is -0.425 e. The molecule has 132 valence electrons. The fourth-order valence-electron chi connectivity index (χ4n) is 3.48. The smallest absolute Gasteiger partial charge is 0.323 e. The number of hydrogen-bond acceptors (Lipinski definition) is 2. The van der Waals surface area contributed by atoms with Crippen molar-refractivity contribution in [2.45, 2.75) is 65.2 Å². The van der Waals surface area contributed by atoms with E-state index in [1.807, 2.05) is 0 Å². The maximum atomic E-state index is 12.7. The first kappa shape index (κ1) is 17.7. The van der Waals surface area contributed by atoms with Crippen molar-refractivity contribution in [2.75, 3.05) is 0 Å². The lowest BCUT2D eigenvalue weighted by atomic mass is 9.81. The van der Waals surface area contributed by atoms with Crippen LogP contribution in [0.15, 0.2) is 36.4 Å². The van der Waals surface area contributed by atoms with Gasteiger partial charge in [0.05, 0.1) is 0 Å². The van der Waals surface area contributed by atoms with Crippen molar-refractivity contribution in [3.05, 3.63) is 64.2 Å². The summed E-state index contributed by atoms with van der Waals surface area (Å²) >= 11 is 0. The lowest BCUT2D eigenvalue weighted by Gasteiger charge is -2.22. The van der Waals surface area contributed by atoms with Gasteiger partial charge in [-0.05, 0) is 34.4 Å². The molecule has 0 saturated carbocycles. The molecule has 1 aliphatic rings. The SMILES string of the molecule is CCc1cc2c(c(C(C)(C)C)c1)OC(=O)C2c1ccc(C(C)C)cc1.